The predicted molar refractivity (Wildman–Crippen MR) is 121 cm³/mol. The van der Waals surface area contributed by atoms with Crippen molar-refractivity contribution in [3.63, 3.8) is 0 Å². The largest absolute Gasteiger partial charge is 0.493 e. The van der Waals surface area contributed by atoms with Crippen LogP contribution in [0.3, 0.4) is 0 Å². The number of aromatic amines is 1. The lowest BCUT2D eigenvalue weighted by Gasteiger charge is -2.17. The van der Waals surface area contributed by atoms with Gasteiger partial charge in [0.05, 0.1) is 37.7 Å². The van der Waals surface area contributed by atoms with E-state index in [4.69, 9.17) is 9.47 Å². The molecule has 8 heteroatoms. The van der Waals surface area contributed by atoms with E-state index < -0.39 is 0 Å². The number of carbonyl (C=O) groups is 1. The van der Waals surface area contributed by atoms with Gasteiger partial charge in [-0.25, -0.2) is 4.98 Å². The van der Waals surface area contributed by atoms with E-state index in [-0.39, 0.29) is 18.4 Å². The minimum Gasteiger partial charge on any atom is -0.493 e. The SMILES string of the molecule is COc1cc(Br)c(CC(=O)N[C@@H](CCSC)c2nc3ccccc3[nH]2)cc1OC. The molecule has 3 aromatic rings. The van der Waals surface area contributed by atoms with Gasteiger partial charge in [0.25, 0.3) is 0 Å². The van der Waals surface area contributed by atoms with E-state index in [1.54, 1.807) is 26.0 Å². The first-order valence-electron chi connectivity index (χ1n) is 9.19. The number of fused-ring (bicyclic) bond motifs is 1. The lowest BCUT2D eigenvalue weighted by atomic mass is 10.1. The molecule has 1 atom stereocenters. The average molecular weight is 478 g/mol. The molecule has 29 heavy (non-hydrogen) atoms. The van der Waals surface area contributed by atoms with E-state index in [1.807, 2.05) is 36.4 Å². The van der Waals surface area contributed by atoms with Crippen LogP contribution in [0.15, 0.2) is 40.9 Å². The zero-order valence-corrected chi connectivity index (χ0v) is 19.0. The molecule has 1 aromatic heterocycles. The third-order valence-electron chi connectivity index (χ3n) is 4.59. The Kier molecular flexibility index (Phi) is 7.44. The van der Waals surface area contributed by atoms with Crippen molar-refractivity contribution in [2.24, 2.45) is 0 Å². The number of thioether (sulfide) groups is 1. The van der Waals surface area contributed by atoms with Gasteiger partial charge in [-0.15, -0.1) is 0 Å². The molecule has 0 aliphatic carbocycles. The second kappa shape index (κ2) is 10.0. The van der Waals surface area contributed by atoms with Crippen molar-refractivity contribution in [3.05, 3.63) is 52.3 Å². The number of nitrogens with one attached hydrogen (secondary N) is 2. The van der Waals surface area contributed by atoms with Crippen molar-refractivity contribution in [2.75, 3.05) is 26.2 Å². The Balaban J connectivity index is 1.78. The van der Waals surface area contributed by atoms with Crippen LogP contribution < -0.4 is 14.8 Å². The number of halogens is 1. The zero-order valence-electron chi connectivity index (χ0n) is 16.6. The molecule has 0 unspecified atom stereocenters. The minimum absolute atomic E-state index is 0.0792. The summed E-state index contributed by atoms with van der Waals surface area (Å²) < 4.78 is 11.5. The fourth-order valence-corrected chi connectivity index (χ4v) is 4.03. The second-order valence-corrected chi connectivity index (χ2v) is 8.36. The summed E-state index contributed by atoms with van der Waals surface area (Å²) in [6.07, 6.45) is 3.06. The third-order valence-corrected chi connectivity index (χ3v) is 5.97. The molecule has 154 valence electrons. The van der Waals surface area contributed by atoms with Crippen LogP contribution in [0.5, 0.6) is 11.5 Å². The maximum absolute atomic E-state index is 12.8. The summed E-state index contributed by atoms with van der Waals surface area (Å²) >= 11 is 5.26. The number of benzene rings is 2. The number of para-hydroxylation sites is 2. The van der Waals surface area contributed by atoms with Gasteiger partial charge in [-0.3, -0.25) is 4.79 Å². The first-order valence-corrected chi connectivity index (χ1v) is 11.4. The van der Waals surface area contributed by atoms with Gasteiger partial charge in [0.1, 0.15) is 5.82 Å². The molecule has 0 spiro atoms. The first kappa shape index (κ1) is 21.5. The van der Waals surface area contributed by atoms with E-state index in [1.165, 1.54) is 0 Å². The summed E-state index contributed by atoms with van der Waals surface area (Å²) in [4.78, 5) is 20.8. The van der Waals surface area contributed by atoms with Gasteiger partial charge in [-0.1, -0.05) is 28.1 Å². The lowest BCUT2D eigenvalue weighted by Crippen LogP contribution is -2.31. The summed E-state index contributed by atoms with van der Waals surface area (Å²) in [6, 6.07) is 11.3. The number of aromatic nitrogens is 2. The third kappa shape index (κ3) is 5.25. The number of amides is 1. The van der Waals surface area contributed by atoms with E-state index in [2.05, 4.69) is 37.5 Å². The molecule has 0 aliphatic heterocycles. The maximum atomic E-state index is 12.8. The van der Waals surface area contributed by atoms with Crippen molar-refractivity contribution in [1.82, 2.24) is 15.3 Å². The van der Waals surface area contributed by atoms with E-state index in [0.717, 1.165) is 39.1 Å². The topological polar surface area (TPSA) is 76.2 Å². The highest BCUT2D eigenvalue weighted by molar-refractivity contribution is 9.10. The molecule has 2 N–H and O–H groups in total. The molecular weight excluding hydrogens is 454 g/mol. The van der Waals surface area contributed by atoms with E-state index in [0.29, 0.717) is 11.5 Å². The number of carbonyl (C=O) groups excluding carboxylic acids is 1. The van der Waals surface area contributed by atoms with Crippen molar-refractivity contribution in [3.8, 4) is 11.5 Å². The van der Waals surface area contributed by atoms with Crippen LogP contribution >= 0.6 is 27.7 Å². The number of methoxy groups -OCH3 is 2. The van der Waals surface area contributed by atoms with Crippen LogP contribution in [-0.2, 0) is 11.2 Å². The van der Waals surface area contributed by atoms with Gasteiger partial charge in [-0.05, 0) is 48.3 Å². The van der Waals surface area contributed by atoms with E-state index in [9.17, 15) is 4.79 Å². The molecule has 0 saturated carbocycles. The molecule has 1 heterocycles. The number of rotatable bonds is 9. The summed E-state index contributed by atoms with van der Waals surface area (Å²) in [5.41, 5.74) is 2.69. The molecule has 2 aromatic carbocycles. The first-order chi connectivity index (χ1) is 14.0. The Morgan fingerprint density at radius 3 is 2.66 bits per heavy atom. The molecule has 1 amide bonds. The number of hydrogen-bond acceptors (Lipinski definition) is 5. The highest BCUT2D eigenvalue weighted by Gasteiger charge is 2.20. The number of ether oxygens (including phenoxy) is 2. The fourth-order valence-electron chi connectivity index (χ4n) is 3.10. The number of nitrogens with zero attached hydrogens (tertiary/aromatic N) is 1. The highest BCUT2D eigenvalue weighted by atomic mass is 79.9. The Morgan fingerprint density at radius 1 is 1.24 bits per heavy atom. The van der Waals surface area contributed by atoms with Crippen LogP contribution in [0.25, 0.3) is 11.0 Å². The van der Waals surface area contributed by atoms with Gasteiger partial charge in [-0.2, -0.15) is 11.8 Å². The summed E-state index contributed by atoms with van der Waals surface area (Å²) in [5.74, 6) is 2.82. The number of H-pyrrole nitrogens is 1. The molecule has 0 fully saturated rings. The Hall–Kier alpha value is -2.19. The van der Waals surface area contributed by atoms with Crippen LogP contribution in [-0.4, -0.2) is 42.1 Å². The van der Waals surface area contributed by atoms with Crippen LogP contribution in [0, 0.1) is 0 Å². The molecule has 0 radical (unpaired) electrons. The van der Waals surface area contributed by atoms with Gasteiger partial charge in [0, 0.05) is 4.47 Å². The van der Waals surface area contributed by atoms with Crippen molar-refractivity contribution in [2.45, 2.75) is 18.9 Å². The summed E-state index contributed by atoms with van der Waals surface area (Å²) in [6.45, 7) is 0. The smallest absolute Gasteiger partial charge is 0.225 e. The Morgan fingerprint density at radius 2 is 1.97 bits per heavy atom. The van der Waals surface area contributed by atoms with E-state index >= 15 is 0 Å². The fraction of sp³-hybridized carbons (Fsp3) is 0.333. The predicted octanol–water partition coefficient (Wildman–Crippen LogP) is 4.50. The normalized spacial score (nSPS) is 12.0. The van der Waals surface area contributed by atoms with Gasteiger partial charge in [0.15, 0.2) is 11.5 Å². The Bertz CT molecular complexity index is 959. The molecular formula is C21H24BrN3O3S. The number of imidazole rings is 1. The average Bonchev–Trinajstić information content (AvgIpc) is 3.16. The second-order valence-electron chi connectivity index (χ2n) is 6.52. The highest BCUT2D eigenvalue weighted by Crippen LogP contribution is 2.33. The Labute approximate surface area is 182 Å². The van der Waals surface area contributed by atoms with Crippen LogP contribution in [0.1, 0.15) is 23.9 Å². The summed E-state index contributed by atoms with van der Waals surface area (Å²) in [7, 11) is 3.16. The van der Waals surface area contributed by atoms with Gasteiger partial charge >= 0.3 is 0 Å². The number of hydrogen-bond donors (Lipinski definition) is 2. The van der Waals surface area contributed by atoms with Crippen LogP contribution in [0.2, 0.25) is 0 Å². The van der Waals surface area contributed by atoms with Gasteiger partial charge < -0.3 is 19.8 Å². The molecule has 0 aliphatic rings. The monoisotopic (exact) mass is 477 g/mol. The van der Waals surface area contributed by atoms with Crippen molar-refractivity contribution >= 4 is 44.6 Å². The quantitative estimate of drug-likeness (QED) is 0.474. The maximum Gasteiger partial charge on any atom is 0.225 e. The molecule has 0 saturated heterocycles. The van der Waals surface area contributed by atoms with Crippen molar-refractivity contribution < 1.29 is 14.3 Å². The van der Waals surface area contributed by atoms with Crippen LogP contribution in [0.4, 0.5) is 0 Å². The minimum atomic E-state index is -0.179. The van der Waals surface area contributed by atoms with Crippen molar-refractivity contribution in [1.29, 1.82) is 0 Å². The molecule has 0 bridgehead atoms. The lowest BCUT2D eigenvalue weighted by molar-refractivity contribution is -0.121. The molecule has 3 rings (SSSR count). The molecule has 6 nitrogen and oxygen atoms in total. The standard InChI is InChI=1S/C21H24BrN3O3S/c1-27-18-10-13(14(22)12-19(18)28-2)11-20(26)23-17(8-9-29-3)21-24-15-6-4-5-7-16(15)25-21/h4-7,10,12,17H,8-9,11H2,1-3H3,(H,23,26)(H,24,25)/t17-/m0/s1. The zero-order chi connectivity index (χ0) is 20.8. The summed E-state index contributed by atoms with van der Waals surface area (Å²) in [5, 5.41) is 3.13. The van der Waals surface area contributed by atoms with Gasteiger partial charge in [0.2, 0.25) is 5.91 Å².